The first kappa shape index (κ1) is 11.6. The smallest absolute Gasteiger partial charge is 0.266 e. The lowest BCUT2D eigenvalue weighted by molar-refractivity contribution is -0.113. The molecule has 0 unspecified atom stereocenters. The second-order valence-electron chi connectivity index (χ2n) is 3.67. The van der Waals surface area contributed by atoms with Crippen LogP contribution in [0.2, 0.25) is 0 Å². The Balaban J connectivity index is 2.18. The molecule has 2 rings (SSSR count). The normalized spacial score (nSPS) is 17.1. The average molecular weight is 242 g/mol. The molecule has 1 heterocycles. The molecule has 1 aromatic rings. The van der Waals surface area contributed by atoms with Crippen LogP contribution >= 0.6 is 11.8 Å². The van der Waals surface area contributed by atoms with E-state index in [0.29, 0.717) is 9.95 Å². The van der Waals surface area contributed by atoms with Crippen LogP contribution in [0.5, 0.6) is 0 Å². The lowest BCUT2D eigenvalue weighted by Crippen LogP contribution is -1.87. The van der Waals surface area contributed by atoms with Gasteiger partial charge < -0.3 is 0 Å². The number of rotatable bonds is 2. The van der Waals surface area contributed by atoms with Gasteiger partial charge in [0.2, 0.25) is 0 Å². The van der Waals surface area contributed by atoms with Crippen molar-refractivity contribution in [2.24, 2.45) is 4.99 Å². The van der Waals surface area contributed by atoms with Crippen molar-refractivity contribution in [3.8, 4) is 6.07 Å². The number of nitriles is 1. The largest absolute Gasteiger partial charge is 0.284 e. The quantitative estimate of drug-likeness (QED) is 0.749. The molecule has 0 fully saturated rings. The van der Waals surface area contributed by atoms with Gasteiger partial charge in [-0.2, -0.15) is 5.26 Å². The summed E-state index contributed by atoms with van der Waals surface area (Å²) in [5, 5.41) is 9.12. The predicted octanol–water partition coefficient (Wildman–Crippen LogP) is 2.92. The first-order valence-corrected chi connectivity index (χ1v) is 5.96. The maximum absolute atomic E-state index is 11.5. The number of thioether (sulfide) groups is 1. The molecule has 0 aliphatic carbocycles. The molecule has 0 saturated heterocycles. The summed E-state index contributed by atoms with van der Waals surface area (Å²) in [4.78, 5) is 16.0. The van der Waals surface area contributed by atoms with Crippen LogP contribution in [-0.2, 0) is 4.79 Å². The fraction of sp³-hybridized carbons (Fsp3) is 0.154. The number of hydrogen-bond acceptors (Lipinski definition) is 3. The lowest BCUT2D eigenvalue weighted by atomic mass is 10.1. The molecule has 1 aromatic carbocycles. The Bertz CT molecular complexity index is 550. The van der Waals surface area contributed by atoms with Crippen LogP contribution in [0.4, 0.5) is 0 Å². The number of amides is 1. The van der Waals surface area contributed by atoms with Gasteiger partial charge in [-0.3, -0.25) is 4.79 Å². The number of aryl methyl sites for hydroxylation is 1. The standard InChI is InChI=1S/C13H10N2OS/c1-9-2-4-10(5-3-9)8-11-13(16)15-12(17-11)6-7-14/h2-5,8H,6H2,1H3/b11-8-. The van der Waals surface area contributed by atoms with Crippen molar-refractivity contribution in [3.63, 3.8) is 0 Å². The summed E-state index contributed by atoms with van der Waals surface area (Å²) in [6.45, 7) is 2.01. The van der Waals surface area contributed by atoms with E-state index in [1.54, 1.807) is 6.08 Å². The van der Waals surface area contributed by atoms with Crippen molar-refractivity contribution >= 4 is 28.8 Å². The highest BCUT2D eigenvalue weighted by atomic mass is 32.2. The SMILES string of the molecule is Cc1ccc(/C=C2\SC(CC#N)=NC2=O)cc1. The van der Waals surface area contributed by atoms with Gasteiger partial charge in [-0.25, -0.2) is 4.99 Å². The highest BCUT2D eigenvalue weighted by Gasteiger charge is 2.21. The molecule has 0 bridgehead atoms. The number of carbonyl (C=O) groups is 1. The van der Waals surface area contributed by atoms with Crippen molar-refractivity contribution in [3.05, 3.63) is 40.3 Å². The Hall–Kier alpha value is -1.86. The van der Waals surface area contributed by atoms with Gasteiger partial charge in [0, 0.05) is 0 Å². The third-order valence-electron chi connectivity index (χ3n) is 2.27. The van der Waals surface area contributed by atoms with Crippen molar-refractivity contribution < 1.29 is 4.79 Å². The van der Waals surface area contributed by atoms with Gasteiger partial charge in [0.15, 0.2) is 0 Å². The molecular weight excluding hydrogens is 232 g/mol. The van der Waals surface area contributed by atoms with Gasteiger partial charge in [0.25, 0.3) is 5.91 Å². The number of benzene rings is 1. The second kappa shape index (κ2) is 4.98. The molecule has 4 heteroatoms. The lowest BCUT2D eigenvalue weighted by Gasteiger charge is -1.96. The van der Waals surface area contributed by atoms with E-state index < -0.39 is 0 Å². The molecule has 1 aliphatic rings. The Morgan fingerprint density at radius 2 is 2.12 bits per heavy atom. The summed E-state index contributed by atoms with van der Waals surface area (Å²) in [7, 11) is 0. The number of nitrogens with zero attached hydrogens (tertiary/aromatic N) is 2. The zero-order chi connectivity index (χ0) is 12.3. The minimum atomic E-state index is -0.249. The Labute approximate surface area is 104 Å². The zero-order valence-electron chi connectivity index (χ0n) is 9.30. The highest BCUT2D eigenvalue weighted by molar-refractivity contribution is 8.18. The monoisotopic (exact) mass is 242 g/mol. The summed E-state index contributed by atoms with van der Waals surface area (Å²) < 4.78 is 0. The van der Waals surface area contributed by atoms with Crippen LogP contribution < -0.4 is 0 Å². The molecule has 17 heavy (non-hydrogen) atoms. The van der Waals surface area contributed by atoms with E-state index in [1.807, 2.05) is 37.3 Å². The van der Waals surface area contributed by atoms with Crippen molar-refractivity contribution in [1.29, 1.82) is 5.26 Å². The van der Waals surface area contributed by atoms with Crippen LogP contribution in [-0.4, -0.2) is 11.0 Å². The number of carbonyl (C=O) groups excluding carboxylic acids is 1. The predicted molar refractivity (Wildman–Crippen MR) is 69.4 cm³/mol. The molecule has 3 nitrogen and oxygen atoms in total. The van der Waals surface area contributed by atoms with Crippen LogP contribution in [0.25, 0.3) is 6.08 Å². The Morgan fingerprint density at radius 3 is 2.76 bits per heavy atom. The molecule has 0 radical (unpaired) electrons. The van der Waals surface area contributed by atoms with E-state index in [-0.39, 0.29) is 12.3 Å². The van der Waals surface area contributed by atoms with Gasteiger partial charge in [-0.15, -0.1) is 0 Å². The third-order valence-corrected chi connectivity index (χ3v) is 3.25. The van der Waals surface area contributed by atoms with Crippen molar-refractivity contribution in [2.45, 2.75) is 13.3 Å². The van der Waals surface area contributed by atoms with Gasteiger partial charge in [0.1, 0.15) is 0 Å². The van der Waals surface area contributed by atoms with E-state index in [9.17, 15) is 4.79 Å². The van der Waals surface area contributed by atoms with Crippen LogP contribution in [0.15, 0.2) is 34.2 Å². The van der Waals surface area contributed by atoms with Gasteiger partial charge in [-0.1, -0.05) is 41.6 Å². The molecule has 0 atom stereocenters. The van der Waals surface area contributed by atoms with Crippen LogP contribution in [0, 0.1) is 18.3 Å². The van der Waals surface area contributed by atoms with Gasteiger partial charge in [-0.05, 0) is 18.6 Å². The second-order valence-corrected chi connectivity index (χ2v) is 4.78. The van der Waals surface area contributed by atoms with E-state index >= 15 is 0 Å². The topological polar surface area (TPSA) is 53.2 Å². The van der Waals surface area contributed by atoms with E-state index in [0.717, 1.165) is 5.56 Å². The first-order valence-electron chi connectivity index (χ1n) is 5.14. The Morgan fingerprint density at radius 1 is 1.41 bits per heavy atom. The summed E-state index contributed by atoms with van der Waals surface area (Å²) in [5.41, 5.74) is 2.15. The maximum Gasteiger partial charge on any atom is 0.284 e. The van der Waals surface area contributed by atoms with Gasteiger partial charge >= 0.3 is 0 Å². The maximum atomic E-state index is 11.5. The molecule has 0 spiro atoms. The fourth-order valence-corrected chi connectivity index (χ4v) is 2.26. The highest BCUT2D eigenvalue weighted by Crippen LogP contribution is 2.29. The molecule has 1 amide bonds. The first-order chi connectivity index (χ1) is 8.19. The minimum absolute atomic E-state index is 0.196. The minimum Gasteiger partial charge on any atom is -0.266 e. The van der Waals surface area contributed by atoms with E-state index in [4.69, 9.17) is 5.26 Å². The molecule has 84 valence electrons. The van der Waals surface area contributed by atoms with Crippen LogP contribution in [0.3, 0.4) is 0 Å². The molecule has 0 saturated carbocycles. The summed E-state index contributed by atoms with van der Waals surface area (Å²) in [6, 6.07) is 9.89. The molecular formula is C13H10N2OS. The molecule has 0 N–H and O–H groups in total. The number of hydrogen-bond donors (Lipinski definition) is 0. The van der Waals surface area contributed by atoms with E-state index in [1.165, 1.54) is 17.3 Å². The fourth-order valence-electron chi connectivity index (χ4n) is 1.41. The zero-order valence-corrected chi connectivity index (χ0v) is 10.1. The average Bonchev–Trinajstić information content (AvgIpc) is 2.63. The molecule has 1 aliphatic heterocycles. The van der Waals surface area contributed by atoms with Crippen molar-refractivity contribution in [2.75, 3.05) is 0 Å². The van der Waals surface area contributed by atoms with Crippen LogP contribution in [0.1, 0.15) is 17.5 Å². The van der Waals surface area contributed by atoms with E-state index in [2.05, 4.69) is 4.99 Å². The Kier molecular flexibility index (Phi) is 3.40. The van der Waals surface area contributed by atoms with Crippen molar-refractivity contribution in [1.82, 2.24) is 0 Å². The summed E-state index contributed by atoms with van der Waals surface area (Å²) >= 11 is 1.28. The summed E-state index contributed by atoms with van der Waals surface area (Å²) in [6.07, 6.45) is 2.00. The van der Waals surface area contributed by atoms with Gasteiger partial charge in [0.05, 0.1) is 22.4 Å². The summed E-state index contributed by atoms with van der Waals surface area (Å²) in [5.74, 6) is -0.249. The number of aliphatic imine (C=N–C) groups is 1. The molecule has 0 aromatic heterocycles. The third kappa shape index (κ3) is 2.83.